The molecule has 0 unspecified atom stereocenters. The van der Waals surface area contributed by atoms with Crippen LogP contribution in [0.4, 0.5) is 4.39 Å². The number of nitrogens with one attached hydrogen (secondary N) is 1. The molecule has 0 spiro atoms. The van der Waals surface area contributed by atoms with Gasteiger partial charge in [-0.2, -0.15) is 0 Å². The van der Waals surface area contributed by atoms with Crippen LogP contribution in [-0.2, 0) is 9.59 Å². The molecule has 0 aromatic rings. The van der Waals surface area contributed by atoms with Crippen LogP contribution >= 0.6 is 0 Å². The zero-order valence-electron chi connectivity index (χ0n) is 11.3. The Bertz CT molecular complexity index is 383. The van der Waals surface area contributed by atoms with Gasteiger partial charge in [-0.05, 0) is 25.8 Å². The molecule has 1 aliphatic heterocycles. The summed E-state index contributed by atoms with van der Waals surface area (Å²) in [5, 5.41) is 2.95. The highest BCUT2D eigenvalue weighted by Crippen LogP contribution is 2.34. The number of amides is 2. The number of alkyl halides is 1. The maximum Gasteiger partial charge on any atom is 0.245 e. The fraction of sp³-hybridized carbons (Fsp3) is 0.714. The van der Waals surface area contributed by atoms with Crippen LogP contribution in [0.1, 0.15) is 32.6 Å². The first-order valence-corrected chi connectivity index (χ1v) is 6.81. The first kappa shape index (κ1) is 14.0. The van der Waals surface area contributed by atoms with Gasteiger partial charge in [0.25, 0.3) is 0 Å². The minimum absolute atomic E-state index is 0.0000945. The molecular formula is C14H21FN2O2. The van der Waals surface area contributed by atoms with E-state index >= 15 is 0 Å². The molecule has 1 saturated carbocycles. The summed E-state index contributed by atoms with van der Waals surface area (Å²) in [4.78, 5) is 25.2. The van der Waals surface area contributed by atoms with E-state index in [1.807, 2.05) is 6.92 Å². The third-order valence-corrected chi connectivity index (χ3v) is 4.12. The highest BCUT2D eigenvalue weighted by atomic mass is 19.1. The SMILES string of the molecule is C=CC(=O)N1CCC(C(=O)NC2(C)CC(F)C2)CC1. The molecule has 1 heterocycles. The van der Waals surface area contributed by atoms with E-state index in [4.69, 9.17) is 0 Å². The van der Waals surface area contributed by atoms with Crippen molar-refractivity contribution in [1.29, 1.82) is 0 Å². The van der Waals surface area contributed by atoms with Gasteiger partial charge in [0.1, 0.15) is 6.17 Å². The monoisotopic (exact) mass is 268 g/mol. The van der Waals surface area contributed by atoms with E-state index in [1.165, 1.54) is 6.08 Å². The van der Waals surface area contributed by atoms with Crippen molar-refractivity contribution < 1.29 is 14.0 Å². The number of hydrogen-bond donors (Lipinski definition) is 1. The largest absolute Gasteiger partial charge is 0.350 e. The van der Waals surface area contributed by atoms with Crippen molar-refractivity contribution >= 4 is 11.8 Å². The summed E-state index contributed by atoms with van der Waals surface area (Å²) in [5.74, 6) is -0.144. The van der Waals surface area contributed by atoms with E-state index in [0.717, 1.165) is 0 Å². The number of nitrogens with zero attached hydrogens (tertiary/aromatic N) is 1. The van der Waals surface area contributed by atoms with Crippen molar-refractivity contribution in [1.82, 2.24) is 10.2 Å². The molecule has 19 heavy (non-hydrogen) atoms. The van der Waals surface area contributed by atoms with Crippen LogP contribution in [0, 0.1) is 5.92 Å². The summed E-state index contributed by atoms with van der Waals surface area (Å²) in [6.07, 6.45) is 2.68. The Morgan fingerprint density at radius 3 is 2.42 bits per heavy atom. The van der Waals surface area contributed by atoms with Gasteiger partial charge in [0.05, 0.1) is 0 Å². The Labute approximate surface area is 113 Å². The maximum absolute atomic E-state index is 12.9. The lowest BCUT2D eigenvalue weighted by atomic mass is 9.76. The molecule has 0 radical (unpaired) electrons. The zero-order chi connectivity index (χ0) is 14.0. The second kappa shape index (κ2) is 5.31. The van der Waals surface area contributed by atoms with Gasteiger partial charge in [-0.3, -0.25) is 9.59 Å². The third-order valence-electron chi connectivity index (χ3n) is 4.12. The summed E-state index contributed by atoms with van der Waals surface area (Å²) in [5.41, 5.74) is -0.370. The number of likely N-dealkylation sites (tertiary alicyclic amines) is 1. The predicted molar refractivity (Wildman–Crippen MR) is 70.2 cm³/mol. The molecule has 1 aliphatic carbocycles. The van der Waals surface area contributed by atoms with Gasteiger partial charge in [-0.25, -0.2) is 4.39 Å². The predicted octanol–water partition coefficient (Wildman–Crippen LogP) is 1.42. The molecule has 0 bridgehead atoms. The van der Waals surface area contributed by atoms with E-state index in [0.29, 0.717) is 38.8 Å². The van der Waals surface area contributed by atoms with Crippen LogP contribution < -0.4 is 5.32 Å². The van der Waals surface area contributed by atoms with E-state index in [2.05, 4.69) is 11.9 Å². The molecule has 2 rings (SSSR count). The number of carbonyl (C=O) groups excluding carboxylic acids is 2. The topological polar surface area (TPSA) is 49.4 Å². The van der Waals surface area contributed by atoms with Gasteiger partial charge in [0.15, 0.2) is 0 Å². The number of halogens is 1. The van der Waals surface area contributed by atoms with Crippen molar-refractivity contribution in [2.24, 2.45) is 5.92 Å². The second-order valence-electron chi connectivity index (χ2n) is 5.86. The lowest BCUT2D eigenvalue weighted by Crippen LogP contribution is -2.58. The Balaban J connectivity index is 1.79. The first-order chi connectivity index (χ1) is 8.93. The third kappa shape index (κ3) is 3.14. The molecule has 2 aliphatic rings. The minimum Gasteiger partial charge on any atom is -0.350 e. The lowest BCUT2D eigenvalue weighted by Gasteiger charge is -2.43. The van der Waals surface area contributed by atoms with Crippen LogP contribution in [0.2, 0.25) is 0 Å². The van der Waals surface area contributed by atoms with Crippen molar-refractivity contribution in [3.8, 4) is 0 Å². The lowest BCUT2D eigenvalue weighted by molar-refractivity contribution is -0.134. The quantitative estimate of drug-likeness (QED) is 0.787. The van der Waals surface area contributed by atoms with Crippen LogP contribution in [-0.4, -0.2) is 41.5 Å². The Kier molecular flexibility index (Phi) is 3.92. The van der Waals surface area contributed by atoms with Crippen LogP contribution in [0.5, 0.6) is 0 Å². The average molecular weight is 268 g/mol. The van der Waals surface area contributed by atoms with E-state index < -0.39 is 6.17 Å². The van der Waals surface area contributed by atoms with Crippen LogP contribution in [0.15, 0.2) is 12.7 Å². The molecule has 4 nitrogen and oxygen atoms in total. The smallest absolute Gasteiger partial charge is 0.245 e. The highest BCUT2D eigenvalue weighted by molar-refractivity contribution is 5.87. The van der Waals surface area contributed by atoms with E-state index in [9.17, 15) is 14.0 Å². The number of piperidine rings is 1. The molecule has 5 heteroatoms. The second-order valence-corrected chi connectivity index (χ2v) is 5.86. The molecule has 1 N–H and O–H groups in total. The number of rotatable bonds is 3. The van der Waals surface area contributed by atoms with Crippen molar-refractivity contribution in [2.45, 2.75) is 44.3 Å². The van der Waals surface area contributed by atoms with E-state index in [-0.39, 0.29) is 23.3 Å². The standard InChI is InChI=1S/C14H21FN2O2/c1-3-12(18)17-6-4-10(5-7-17)13(19)16-14(2)8-11(15)9-14/h3,10-11H,1,4-9H2,2H3,(H,16,19). The Hall–Kier alpha value is -1.39. The van der Waals surface area contributed by atoms with Crippen LogP contribution in [0.3, 0.4) is 0 Å². The normalized spacial score (nSPS) is 31.5. The molecule has 2 amide bonds. The summed E-state index contributed by atoms with van der Waals surface area (Å²) >= 11 is 0. The van der Waals surface area contributed by atoms with Gasteiger partial charge >= 0.3 is 0 Å². The number of hydrogen-bond acceptors (Lipinski definition) is 2. The molecular weight excluding hydrogens is 247 g/mol. The molecule has 106 valence electrons. The molecule has 0 atom stereocenters. The highest BCUT2D eigenvalue weighted by Gasteiger charge is 2.42. The minimum atomic E-state index is -0.780. The van der Waals surface area contributed by atoms with Crippen molar-refractivity contribution in [3.63, 3.8) is 0 Å². The fourth-order valence-electron chi connectivity index (χ4n) is 2.91. The molecule has 1 saturated heterocycles. The summed E-state index contributed by atoms with van der Waals surface area (Å²) < 4.78 is 12.9. The average Bonchev–Trinajstić information content (AvgIpc) is 2.36. The number of carbonyl (C=O) groups is 2. The van der Waals surface area contributed by atoms with Crippen molar-refractivity contribution in [2.75, 3.05) is 13.1 Å². The summed E-state index contributed by atoms with van der Waals surface area (Å²) in [6.45, 7) is 6.52. The van der Waals surface area contributed by atoms with Gasteiger partial charge in [-0.1, -0.05) is 6.58 Å². The first-order valence-electron chi connectivity index (χ1n) is 6.81. The fourth-order valence-corrected chi connectivity index (χ4v) is 2.91. The molecule has 0 aromatic carbocycles. The van der Waals surface area contributed by atoms with Crippen molar-refractivity contribution in [3.05, 3.63) is 12.7 Å². The maximum atomic E-state index is 12.9. The van der Waals surface area contributed by atoms with Gasteiger partial charge in [0, 0.05) is 37.4 Å². The summed E-state index contributed by atoms with van der Waals surface area (Å²) in [6, 6.07) is 0. The summed E-state index contributed by atoms with van der Waals surface area (Å²) in [7, 11) is 0. The Morgan fingerprint density at radius 2 is 1.95 bits per heavy atom. The van der Waals surface area contributed by atoms with Gasteiger partial charge in [-0.15, -0.1) is 0 Å². The Morgan fingerprint density at radius 1 is 1.37 bits per heavy atom. The van der Waals surface area contributed by atoms with E-state index in [1.54, 1.807) is 4.90 Å². The molecule has 0 aromatic heterocycles. The zero-order valence-corrected chi connectivity index (χ0v) is 11.3. The van der Waals surface area contributed by atoms with Gasteiger partial charge in [0.2, 0.25) is 11.8 Å². The van der Waals surface area contributed by atoms with Gasteiger partial charge < -0.3 is 10.2 Å². The molecule has 2 fully saturated rings. The van der Waals surface area contributed by atoms with Crippen LogP contribution in [0.25, 0.3) is 0 Å².